The summed E-state index contributed by atoms with van der Waals surface area (Å²) in [4.78, 5) is 27.5. The molecule has 1 heterocycles. The van der Waals surface area contributed by atoms with E-state index in [-0.39, 0.29) is 11.7 Å². The Balaban J connectivity index is 1.83. The number of benzene rings is 1. The second-order valence-corrected chi connectivity index (χ2v) is 5.56. The van der Waals surface area contributed by atoms with Gasteiger partial charge < -0.3 is 10.6 Å². The average Bonchev–Trinajstić information content (AvgIpc) is 2.58. The van der Waals surface area contributed by atoms with Gasteiger partial charge >= 0.3 is 0 Å². The first-order valence-electron chi connectivity index (χ1n) is 7.09. The molecule has 2 N–H and O–H groups in total. The summed E-state index contributed by atoms with van der Waals surface area (Å²) in [6.07, 6.45) is 1.52. The van der Waals surface area contributed by atoms with Crippen molar-refractivity contribution in [1.29, 1.82) is 0 Å². The zero-order valence-electron chi connectivity index (χ0n) is 12.3. The summed E-state index contributed by atoms with van der Waals surface area (Å²) < 4.78 is 0. The minimum absolute atomic E-state index is 0.0962. The highest BCUT2D eigenvalue weighted by molar-refractivity contribution is 6.29. The smallest absolute Gasteiger partial charge is 0.253 e. The van der Waals surface area contributed by atoms with Crippen LogP contribution in [0.1, 0.15) is 18.5 Å². The van der Waals surface area contributed by atoms with Crippen molar-refractivity contribution < 1.29 is 0 Å². The number of pyridine rings is 1. The van der Waals surface area contributed by atoms with E-state index in [1.54, 1.807) is 12.1 Å². The zero-order valence-corrected chi connectivity index (χ0v) is 13.1. The monoisotopic (exact) mass is 327 g/mol. The number of rotatable bonds is 5. The first kappa shape index (κ1) is 15.2. The summed E-state index contributed by atoms with van der Waals surface area (Å²) in [5.74, 6) is 0. The minimum Gasteiger partial charge on any atom is -0.373 e. The van der Waals surface area contributed by atoms with Gasteiger partial charge in [-0.15, -0.1) is 0 Å². The summed E-state index contributed by atoms with van der Waals surface area (Å²) >= 11 is 5.82. The molecule has 6 heteroatoms. The second kappa shape index (κ2) is 6.22. The predicted molar refractivity (Wildman–Crippen MR) is 92.4 cm³/mol. The Morgan fingerprint density at radius 1 is 1.04 bits per heavy atom. The summed E-state index contributed by atoms with van der Waals surface area (Å²) in [5, 5.41) is 6.33. The Labute approximate surface area is 137 Å². The maximum Gasteiger partial charge on any atom is 0.253 e. The van der Waals surface area contributed by atoms with Crippen molar-refractivity contribution in [3.63, 3.8) is 0 Å². The molecule has 3 rings (SSSR count). The van der Waals surface area contributed by atoms with Crippen molar-refractivity contribution in [2.24, 2.45) is 0 Å². The third-order valence-corrected chi connectivity index (χ3v) is 3.77. The molecule has 1 unspecified atom stereocenters. The van der Waals surface area contributed by atoms with Crippen LogP contribution in [0.5, 0.6) is 0 Å². The van der Waals surface area contributed by atoms with Crippen LogP contribution in [0.4, 0.5) is 17.1 Å². The standard InChI is InChI=1S/C17H14ClN3O2/c1-10(11-5-3-2-4-6-11)20-14-15(17(23)16(14)22)21-12-7-8-19-13(18)9-12/h2-10,20H,1H3,(H,19,21). The van der Waals surface area contributed by atoms with Crippen LogP contribution in [0.3, 0.4) is 0 Å². The fourth-order valence-corrected chi connectivity index (χ4v) is 2.49. The van der Waals surface area contributed by atoms with Crippen LogP contribution < -0.4 is 21.5 Å². The number of hydrogen-bond acceptors (Lipinski definition) is 5. The quantitative estimate of drug-likeness (QED) is 0.556. The zero-order chi connectivity index (χ0) is 16.4. The van der Waals surface area contributed by atoms with Crippen molar-refractivity contribution in [2.45, 2.75) is 13.0 Å². The van der Waals surface area contributed by atoms with Crippen molar-refractivity contribution in [3.8, 4) is 0 Å². The summed E-state index contributed by atoms with van der Waals surface area (Å²) in [7, 11) is 0. The molecule has 0 radical (unpaired) electrons. The normalized spacial score (nSPS) is 12.1. The van der Waals surface area contributed by atoms with Crippen LogP contribution in [0.25, 0.3) is 0 Å². The van der Waals surface area contributed by atoms with E-state index in [0.717, 1.165) is 5.56 Å². The van der Waals surface area contributed by atoms with Gasteiger partial charge in [-0.3, -0.25) is 9.59 Å². The average molecular weight is 328 g/mol. The van der Waals surface area contributed by atoms with Crippen LogP contribution in [0.15, 0.2) is 58.3 Å². The molecule has 0 spiro atoms. The van der Waals surface area contributed by atoms with Crippen LogP contribution in [-0.4, -0.2) is 4.98 Å². The maximum atomic E-state index is 11.8. The van der Waals surface area contributed by atoms with Crippen molar-refractivity contribution in [1.82, 2.24) is 4.98 Å². The fraction of sp³-hybridized carbons (Fsp3) is 0.118. The number of anilines is 3. The minimum atomic E-state index is -0.541. The highest BCUT2D eigenvalue weighted by atomic mass is 35.5. The molecule has 0 fully saturated rings. The molecule has 1 aromatic heterocycles. The molecule has 0 aliphatic heterocycles. The van der Waals surface area contributed by atoms with E-state index < -0.39 is 10.9 Å². The lowest BCUT2D eigenvalue weighted by Gasteiger charge is -2.20. The summed E-state index contributed by atoms with van der Waals surface area (Å²) in [6, 6.07) is 12.9. The number of nitrogens with one attached hydrogen (secondary N) is 2. The number of nitrogens with zero attached hydrogens (tertiary/aromatic N) is 1. The number of halogens is 1. The van der Waals surface area contributed by atoms with E-state index in [9.17, 15) is 9.59 Å². The molecule has 23 heavy (non-hydrogen) atoms. The SMILES string of the molecule is CC(Nc1c(Nc2ccnc(Cl)c2)c(=O)c1=O)c1ccccc1. The Morgan fingerprint density at radius 3 is 2.43 bits per heavy atom. The predicted octanol–water partition coefficient (Wildman–Crippen LogP) is 3.25. The molecular weight excluding hydrogens is 314 g/mol. The van der Waals surface area contributed by atoms with E-state index in [2.05, 4.69) is 15.6 Å². The van der Waals surface area contributed by atoms with Gasteiger partial charge in [-0.05, 0) is 24.6 Å². The first-order valence-corrected chi connectivity index (χ1v) is 7.47. The van der Waals surface area contributed by atoms with Crippen molar-refractivity contribution in [3.05, 3.63) is 79.8 Å². The molecule has 5 nitrogen and oxygen atoms in total. The van der Waals surface area contributed by atoms with E-state index in [4.69, 9.17) is 11.6 Å². The molecule has 0 bridgehead atoms. The molecular formula is C17H14ClN3O2. The summed E-state index contributed by atoms with van der Waals surface area (Å²) in [5.41, 5.74) is 1.11. The third-order valence-electron chi connectivity index (χ3n) is 3.57. The lowest BCUT2D eigenvalue weighted by molar-refractivity contribution is 0.880. The van der Waals surface area contributed by atoms with E-state index in [1.807, 2.05) is 37.3 Å². The molecule has 0 aliphatic carbocycles. The van der Waals surface area contributed by atoms with Crippen molar-refractivity contribution >= 4 is 28.7 Å². The van der Waals surface area contributed by atoms with Gasteiger partial charge in [0.2, 0.25) is 0 Å². The lowest BCUT2D eigenvalue weighted by Crippen LogP contribution is -2.37. The Hall–Kier alpha value is -2.66. The van der Waals surface area contributed by atoms with E-state index in [0.29, 0.717) is 16.5 Å². The highest BCUT2D eigenvalue weighted by Crippen LogP contribution is 2.25. The lowest BCUT2D eigenvalue weighted by atomic mass is 10.1. The first-order chi connectivity index (χ1) is 11.1. The van der Waals surface area contributed by atoms with Crippen LogP contribution in [0, 0.1) is 0 Å². The molecule has 0 amide bonds. The third kappa shape index (κ3) is 3.10. The topological polar surface area (TPSA) is 71.1 Å². The second-order valence-electron chi connectivity index (χ2n) is 5.18. The van der Waals surface area contributed by atoms with Gasteiger partial charge in [0, 0.05) is 17.9 Å². The van der Waals surface area contributed by atoms with Gasteiger partial charge in [-0.2, -0.15) is 0 Å². The largest absolute Gasteiger partial charge is 0.373 e. The van der Waals surface area contributed by atoms with Gasteiger partial charge in [0.25, 0.3) is 10.9 Å². The highest BCUT2D eigenvalue weighted by Gasteiger charge is 2.22. The van der Waals surface area contributed by atoms with Gasteiger partial charge in [-0.25, -0.2) is 4.98 Å². The fourth-order valence-electron chi connectivity index (χ4n) is 2.31. The van der Waals surface area contributed by atoms with Gasteiger partial charge in [0.15, 0.2) is 0 Å². The molecule has 0 saturated heterocycles. The maximum absolute atomic E-state index is 11.8. The molecule has 2 aromatic carbocycles. The molecule has 0 saturated carbocycles. The van der Waals surface area contributed by atoms with E-state index >= 15 is 0 Å². The molecule has 0 aliphatic rings. The van der Waals surface area contributed by atoms with Gasteiger partial charge in [0.1, 0.15) is 16.5 Å². The number of aromatic nitrogens is 1. The Bertz CT molecular complexity index is 902. The summed E-state index contributed by atoms with van der Waals surface area (Å²) in [6.45, 7) is 1.93. The Morgan fingerprint density at radius 2 is 1.74 bits per heavy atom. The van der Waals surface area contributed by atoms with Gasteiger partial charge in [-0.1, -0.05) is 41.9 Å². The van der Waals surface area contributed by atoms with Crippen LogP contribution in [-0.2, 0) is 0 Å². The van der Waals surface area contributed by atoms with Crippen molar-refractivity contribution in [2.75, 3.05) is 10.6 Å². The van der Waals surface area contributed by atoms with E-state index in [1.165, 1.54) is 6.20 Å². The molecule has 3 aromatic rings. The Kier molecular flexibility index (Phi) is 4.12. The molecule has 1 atom stereocenters. The van der Waals surface area contributed by atoms with Crippen LogP contribution >= 0.6 is 11.6 Å². The van der Waals surface area contributed by atoms with Crippen LogP contribution in [0.2, 0.25) is 5.15 Å². The number of hydrogen-bond donors (Lipinski definition) is 2. The molecule has 116 valence electrons. The van der Waals surface area contributed by atoms with Gasteiger partial charge in [0.05, 0.1) is 0 Å².